The number of ketones is 1. The second-order valence-corrected chi connectivity index (χ2v) is 5.26. The number of aliphatic carboxylic acids is 1. The number of Topliss-reactive ketones (excluding diaryl/α,β-unsaturated/α-hetero) is 1. The van der Waals surface area contributed by atoms with Gasteiger partial charge in [-0.15, -0.1) is 0 Å². The zero-order valence-corrected chi connectivity index (χ0v) is 10.6. The molecule has 1 aromatic carbocycles. The standard InChI is InChI=1S/C15H18O3/c1-11-7-9-15(10-8-11,13(16)14(17)18)12-5-3-2-4-6-12/h2-6,11H,7-10H2,1H3,(H,17,18). The van der Waals surface area contributed by atoms with Gasteiger partial charge in [-0.25, -0.2) is 4.79 Å². The van der Waals surface area contributed by atoms with Gasteiger partial charge < -0.3 is 5.11 Å². The van der Waals surface area contributed by atoms with Crippen molar-refractivity contribution in [1.82, 2.24) is 0 Å². The average molecular weight is 246 g/mol. The maximum atomic E-state index is 12.1. The first kappa shape index (κ1) is 12.8. The first-order valence-electron chi connectivity index (χ1n) is 6.39. The monoisotopic (exact) mass is 246 g/mol. The molecule has 0 bridgehead atoms. The molecular formula is C15H18O3. The Hall–Kier alpha value is -1.64. The van der Waals surface area contributed by atoms with Crippen molar-refractivity contribution >= 4 is 11.8 Å². The van der Waals surface area contributed by atoms with E-state index in [-0.39, 0.29) is 0 Å². The molecule has 0 aromatic heterocycles. The molecular weight excluding hydrogens is 228 g/mol. The number of carbonyl (C=O) groups is 2. The molecule has 3 heteroatoms. The van der Waals surface area contributed by atoms with Crippen LogP contribution < -0.4 is 0 Å². The molecule has 0 spiro atoms. The number of benzene rings is 1. The Labute approximate surface area is 107 Å². The van der Waals surface area contributed by atoms with Gasteiger partial charge in [-0.05, 0) is 37.2 Å². The molecule has 1 aliphatic carbocycles. The van der Waals surface area contributed by atoms with Crippen molar-refractivity contribution < 1.29 is 14.7 Å². The second kappa shape index (κ2) is 4.92. The third kappa shape index (κ3) is 2.17. The van der Waals surface area contributed by atoms with Crippen molar-refractivity contribution in [2.45, 2.75) is 38.0 Å². The Bertz CT molecular complexity index is 442. The fourth-order valence-corrected chi connectivity index (χ4v) is 2.86. The topological polar surface area (TPSA) is 54.4 Å². The molecule has 0 amide bonds. The molecule has 0 heterocycles. The van der Waals surface area contributed by atoms with Crippen molar-refractivity contribution in [2.75, 3.05) is 0 Å². The molecule has 3 nitrogen and oxygen atoms in total. The summed E-state index contributed by atoms with van der Waals surface area (Å²) in [6.45, 7) is 2.15. The van der Waals surface area contributed by atoms with E-state index >= 15 is 0 Å². The van der Waals surface area contributed by atoms with Gasteiger partial charge in [0, 0.05) is 0 Å². The highest BCUT2D eigenvalue weighted by Gasteiger charge is 2.45. The normalized spacial score (nSPS) is 27.7. The summed E-state index contributed by atoms with van der Waals surface area (Å²) >= 11 is 0. The van der Waals surface area contributed by atoms with E-state index in [1.807, 2.05) is 30.3 Å². The fourth-order valence-electron chi connectivity index (χ4n) is 2.86. The summed E-state index contributed by atoms with van der Waals surface area (Å²) in [6.07, 6.45) is 3.11. The van der Waals surface area contributed by atoms with Gasteiger partial charge >= 0.3 is 5.97 Å². The number of carbonyl (C=O) groups excluding carboxylic acids is 1. The summed E-state index contributed by atoms with van der Waals surface area (Å²) in [6, 6.07) is 9.36. The van der Waals surface area contributed by atoms with Crippen molar-refractivity contribution in [3.05, 3.63) is 35.9 Å². The summed E-state index contributed by atoms with van der Waals surface area (Å²) in [4.78, 5) is 23.2. The van der Waals surface area contributed by atoms with Gasteiger partial charge in [-0.3, -0.25) is 4.79 Å². The first-order valence-corrected chi connectivity index (χ1v) is 6.39. The van der Waals surface area contributed by atoms with Gasteiger partial charge in [0.1, 0.15) is 0 Å². The first-order chi connectivity index (χ1) is 8.56. The van der Waals surface area contributed by atoms with Gasteiger partial charge in [0.2, 0.25) is 5.78 Å². The molecule has 0 unspecified atom stereocenters. The third-order valence-corrected chi connectivity index (χ3v) is 4.08. The van der Waals surface area contributed by atoms with Crippen LogP contribution in [0.15, 0.2) is 30.3 Å². The quantitative estimate of drug-likeness (QED) is 0.834. The van der Waals surface area contributed by atoms with Crippen LogP contribution in [0.3, 0.4) is 0 Å². The minimum atomic E-state index is -1.31. The van der Waals surface area contributed by atoms with Crippen LogP contribution in [0.5, 0.6) is 0 Å². The zero-order valence-electron chi connectivity index (χ0n) is 10.6. The van der Waals surface area contributed by atoms with Crippen LogP contribution in [0.4, 0.5) is 0 Å². The second-order valence-electron chi connectivity index (χ2n) is 5.26. The highest BCUT2D eigenvalue weighted by molar-refractivity contribution is 6.36. The van der Waals surface area contributed by atoms with Crippen molar-refractivity contribution in [3.63, 3.8) is 0 Å². The predicted octanol–water partition coefficient (Wildman–Crippen LogP) is 2.79. The van der Waals surface area contributed by atoms with E-state index in [1.54, 1.807) is 0 Å². The molecule has 1 fully saturated rings. The number of rotatable bonds is 3. The third-order valence-electron chi connectivity index (χ3n) is 4.08. The summed E-state index contributed by atoms with van der Waals surface area (Å²) in [5.41, 5.74) is 0.0453. The Balaban J connectivity index is 2.41. The molecule has 0 radical (unpaired) electrons. The minimum Gasteiger partial charge on any atom is -0.475 e. The summed E-state index contributed by atoms with van der Waals surface area (Å²) in [5.74, 6) is -1.39. The van der Waals surface area contributed by atoms with Crippen LogP contribution in [0.1, 0.15) is 38.2 Å². The number of carboxylic acid groups (broad SMARTS) is 1. The Morgan fingerprint density at radius 2 is 1.72 bits per heavy atom. The maximum Gasteiger partial charge on any atom is 0.373 e. The van der Waals surface area contributed by atoms with E-state index in [4.69, 9.17) is 5.11 Å². The molecule has 1 aromatic rings. The van der Waals surface area contributed by atoms with E-state index in [0.717, 1.165) is 18.4 Å². The van der Waals surface area contributed by atoms with Crippen LogP contribution >= 0.6 is 0 Å². The minimum absolute atomic E-state index is 0.573. The molecule has 1 saturated carbocycles. The van der Waals surface area contributed by atoms with Gasteiger partial charge in [-0.1, -0.05) is 37.3 Å². The van der Waals surface area contributed by atoms with Gasteiger partial charge in [0.25, 0.3) is 0 Å². The lowest BCUT2D eigenvalue weighted by molar-refractivity contribution is -0.152. The van der Waals surface area contributed by atoms with E-state index in [9.17, 15) is 9.59 Å². The summed E-state index contributed by atoms with van der Waals surface area (Å²) in [7, 11) is 0. The lowest BCUT2D eigenvalue weighted by Crippen LogP contribution is -2.43. The molecule has 0 atom stereocenters. The van der Waals surface area contributed by atoms with Crippen LogP contribution in [0, 0.1) is 5.92 Å². The predicted molar refractivity (Wildman–Crippen MR) is 68.4 cm³/mol. The molecule has 96 valence electrons. The van der Waals surface area contributed by atoms with E-state index in [2.05, 4.69) is 6.92 Å². The molecule has 0 saturated heterocycles. The zero-order chi connectivity index (χ0) is 13.2. The fraction of sp³-hybridized carbons (Fsp3) is 0.467. The lowest BCUT2D eigenvalue weighted by atomic mass is 9.64. The lowest BCUT2D eigenvalue weighted by Gasteiger charge is -2.37. The van der Waals surface area contributed by atoms with Crippen LogP contribution in [0.25, 0.3) is 0 Å². The van der Waals surface area contributed by atoms with Crippen LogP contribution in [0.2, 0.25) is 0 Å². The highest BCUT2D eigenvalue weighted by Crippen LogP contribution is 2.42. The maximum absolute atomic E-state index is 12.1. The van der Waals surface area contributed by atoms with Gasteiger partial charge in [0.15, 0.2) is 0 Å². The van der Waals surface area contributed by atoms with Crippen molar-refractivity contribution in [2.24, 2.45) is 5.92 Å². The van der Waals surface area contributed by atoms with E-state index in [1.165, 1.54) is 0 Å². The van der Waals surface area contributed by atoms with E-state index in [0.29, 0.717) is 18.8 Å². The summed E-state index contributed by atoms with van der Waals surface area (Å²) < 4.78 is 0. The molecule has 1 aliphatic rings. The number of hydrogen-bond donors (Lipinski definition) is 1. The van der Waals surface area contributed by atoms with Crippen LogP contribution in [-0.4, -0.2) is 16.9 Å². The number of carboxylic acids is 1. The van der Waals surface area contributed by atoms with E-state index < -0.39 is 17.2 Å². The Kier molecular flexibility index (Phi) is 3.50. The summed E-state index contributed by atoms with van der Waals surface area (Å²) in [5, 5.41) is 9.08. The van der Waals surface area contributed by atoms with Gasteiger partial charge in [0.05, 0.1) is 5.41 Å². The molecule has 2 rings (SSSR count). The Morgan fingerprint density at radius 3 is 2.22 bits per heavy atom. The highest BCUT2D eigenvalue weighted by atomic mass is 16.4. The van der Waals surface area contributed by atoms with Crippen molar-refractivity contribution in [1.29, 1.82) is 0 Å². The smallest absolute Gasteiger partial charge is 0.373 e. The molecule has 18 heavy (non-hydrogen) atoms. The molecule has 0 aliphatic heterocycles. The van der Waals surface area contributed by atoms with Gasteiger partial charge in [-0.2, -0.15) is 0 Å². The van der Waals surface area contributed by atoms with Crippen molar-refractivity contribution in [3.8, 4) is 0 Å². The molecule has 1 N–H and O–H groups in total. The largest absolute Gasteiger partial charge is 0.475 e. The average Bonchev–Trinajstić information content (AvgIpc) is 2.40. The Morgan fingerprint density at radius 1 is 1.17 bits per heavy atom. The number of hydrogen-bond acceptors (Lipinski definition) is 2. The SMILES string of the molecule is CC1CCC(C(=O)C(=O)O)(c2ccccc2)CC1. The van der Waals surface area contributed by atoms with Crippen LogP contribution in [-0.2, 0) is 15.0 Å².